The van der Waals surface area contributed by atoms with E-state index in [1.165, 1.54) is 14.2 Å². The Bertz CT molecular complexity index is 1210. The van der Waals surface area contributed by atoms with Crippen LogP contribution in [0.15, 0.2) is 30.5 Å². The van der Waals surface area contributed by atoms with Gasteiger partial charge in [0.15, 0.2) is 0 Å². The van der Waals surface area contributed by atoms with Gasteiger partial charge in [-0.05, 0) is 30.5 Å². The molecule has 8 nitrogen and oxygen atoms in total. The Labute approximate surface area is 208 Å². The number of aromatic nitrogens is 2. The number of fused-ring (bicyclic) bond motifs is 1. The highest BCUT2D eigenvalue weighted by atomic mass is 35.5. The third-order valence-electron chi connectivity index (χ3n) is 6.16. The van der Waals surface area contributed by atoms with E-state index in [1.807, 2.05) is 18.2 Å². The van der Waals surface area contributed by atoms with Crippen LogP contribution in [-0.2, 0) is 4.79 Å². The molecule has 1 aliphatic carbocycles. The monoisotopic (exact) mass is 503 g/mol. The number of carbonyl (C=O) groups excluding carboxylic acids is 1. The van der Waals surface area contributed by atoms with Gasteiger partial charge in [0.2, 0.25) is 11.9 Å². The molecule has 2 unspecified atom stereocenters. The zero-order valence-electron chi connectivity index (χ0n) is 19.4. The number of methoxy groups -OCH3 is 2. The number of halogens is 2. The fourth-order valence-electron chi connectivity index (χ4n) is 4.37. The number of ether oxygens (including phenoxy) is 2. The van der Waals surface area contributed by atoms with Gasteiger partial charge >= 0.3 is 0 Å². The molecule has 0 saturated heterocycles. The van der Waals surface area contributed by atoms with Crippen LogP contribution in [0.1, 0.15) is 12.8 Å². The lowest BCUT2D eigenvalue weighted by Crippen LogP contribution is -2.35. The molecule has 0 radical (unpaired) electrons. The summed E-state index contributed by atoms with van der Waals surface area (Å²) in [6.45, 7) is 0. The van der Waals surface area contributed by atoms with Crippen molar-refractivity contribution in [3.63, 3.8) is 0 Å². The Kier molecular flexibility index (Phi) is 7.02. The average molecular weight is 504 g/mol. The van der Waals surface area contributed by atoms with E-state index in [1.54, 1.807) is 31.3 Å². The average Bonchev–Trinajstić information content (AvgIpc) is 3.18. The van der Waals surface area contributed by atoms with Crippen molar-refractivity contribution in [2.45, 2.75) is 24.9 Å². The Morgan fingerprint density at radius 3 is 2.41 bits per heavy atom. The number of benzene rings is 2. The number of nitrogens with two attached hydrogens (primary N) is 1. The highest BCUT2D eigenvalue weighted by molar-refractivity contribution is 6.41. The minimum Gasteiger partial charge on any atom is -0.495 e. The predicted octanol–water partition coefficient (Wildman–Crippen LogP) is 4.23. The van der Waals surface area contributed by atoms with Crippen molar-refractivity contribution in [1.29, 1.82) is 0 Å². The van der Waals surface area contributed by atoms with Gasteiger partial charge in [-0.3, -0.25) is 4.79 Å². The van der Waals surface area contributed by atoms with Crippen molar-refractivity contribution < 1.29 is 14.3 Å². The second-order valence-electron chi connectivity index (χ2n) is 8.57. The van der Waals surface area contributed by atoms with E-state index in [9.17, 15) is 4.79 Å². The van der Waals surface area contributed by atoms with Gasteiger partial charge in [-0.2, -0.15) is 0 Å². The molecule has 180 valence electrons. The van der Waals surface area contributed by atoms with E-state index >= 15 is 0 Å². The summed E-state index contributed by atoms with van der Waals surface area (Å²) >= 11 is 13.1. The number of hydrogen-bond donors (Lipinski definition) is 2. The van der Waals surface area contributed by atoms with Crippen LogP contribution < -0.4 is 20.5 Å². The molecule has 34 heavy (non-hydrogen) atoms. The van der Waals surface area contributed by atoms with Crippen LogP contribution >= 0.6 is 23.2 Å². The molecule has 3 atom stereocenters. The molecule has 1 amide bonds. The molecule has 1 aromatic heterocycles. The van der Waals surface area contributed by atoms with Crippen molar-refractivity contribution in [3.8, 4) is 22.6 Å². The smallest absolute Gasteiger partial charge is 0.225 e. The van der Waals surface area contributed by atoms with Crippen LogP contribution in [0.25, 0.3) is 22.0 Å². The maximum absolute atomic E-state index is 12.3. The first-order valence-electron chi connectivity index (χ1n) is 10.8. The van der Waals surface area contributed by atoms with Gasteiger partial charge in [0, 0.05) is 55.3 Å². The molecule has 4 rings (SSSR count). The minimum absolute atomic E-state index is 0.0764. The molecule has 1 saturated carbocycles. The summed E-state index contributed by atoms with van der Waals surface area (Å²) in [7, 11) is 6.60. The van der Waals surface area contributed by atoms with Gasteiger partial charge in [0.05, 0.1) is 29.8 Å². The summed E-state index contributed by atoms with van der Waals surface area (Å²) in [5, 5.41) is 4.91. The molecule has 1 heterocycles. The zero-order valence-corrected chi connectivity index (χ0v) is 20.9. The van der Waals surface area contributed by atoms with Crippen molar-refractivity contribution in [3.05, 3.63) is 40.5 Å². The molecular weight excluding hydrogens is 477 g/mol. The van der Waals surface area contributed by atoms with Crippen molar-refractivity contribution in [2.75, 3.05) is 33.6 Å². The van der Waals surface area contributed by atoms with Crippen LogP contribution in [0, 0.1) is 5.92 Å². The number of nitrogens with zero attached hydrogens (tertiary/aromatic N) is 3. The zero-order chi connectivity index (χ0) is 24.6. The number of amides is 1. The van der Waals surface area contributed by atoms with E-state index < -0.39 is 0 Å². The molecule has 0 spiro atoms. The molecule has 0 bridgehead atoms. The second-order valence-corrected chi connectivity index (χ2v) is 9.32. The SMILES string of the molecule is COc1cc(OC)c(Cl)c(-c2ccc3nc(NC4C[C@@H](C(=O)N(C)C)CC4N)ncc3c2)c1Cl. The molecule has 0 aliphatic heterocycles. The number of rotatable bonds is 6. The Morgan fingerprint density at radius 2 is 1.79 bits per heavy atom. The first-order chi connectivity index (χ1) is 16.2. The van der Waals surface area contributed by atoms with Crippen molar-refractivity contribution >= 4 is 46.0 Å². The molecular formula is C24H27Cl2N5O3. The van der Waals surface area contributed by atoms with E-state index in [0.717, 1.165) is 16.5 Å². The molecule has 1 aliphatic rings. The molecule has 3 aromatic rings. The van der Waals surface area contributed by atoms with Crippen molar-refractivity contribution in [1.82, 2.24) is 14.9 Å². The van der Waals surface area contributed by atoms with E-state index in [2.05, 4.69) is 15.3 Å². The van der Waals surface area contributed by atoms with Crippen LogP contribution in [0.5, 0.6) is 11.5 Å². The Hall–Kier alpha value is -2.81. The summed E-state index contributed by atoms with van der Waals surface area (Å²) < 4.78 is 10.8. The van der Waals surface area contributed by atoms with Crippen LogP contribution in [0.2, 0.25) is 10.0 Å². The largest absolute Gasteiger partial charge is 0.495 e. The number of nitrogens with one attached hydrogen (secondary N) is 1. The number of anilines is 1. The van der Waals surface area contributed by atoms with E-state index in [-0.39, 0.29) is 23.9 Å². The molecule has 10 heteroatoms. The topological polar surface area (TPSA) is 103 Å². The van der Waals surface area contributed by atoms with E-state index in [4.69, 9.17) is 38.4 Å². The molecule has 1 fully saturated rings. The molecule has 2 aromatic carbocycles. The summed E-state index contributed by atoms with van der Waals surface area (Å²) in [5.41, 5.74) is 8.43. The number of hydrogen-bond acceptors (Lipinski definition) is 7. The Morgan fingerprint density at radius 1 is 1.12 bits per heavy atom. The van der Waals surface area contributed by atoms with Crippen LogP contribution in [-0.4, -0.2) is 61.2 Å². The van der Waals surface area contributed by atoms with Crippen molar-refractivity contribution in [2.24, 2.45) is 11.7 Å². The fourth-order valence-corrected chi connectivity index (χ4v) is 5.09. The highest BCUT2D eigenvalue weighted by Gasteiger charge is 2.36. The quantitative estimate of drug-likeness (QED) is 0.518. The summed E-state index contributed by atoms with van der Waals surface area (Å²) in [6.07, 6.45) is 3.01. The lowest BCUT2D eigenvalue weighted by molar-refractivity contribution is -0.132. The Balaban J connectivity index is 1.61. The van der Waals surface area contributed by atoms with Crippen LogP contribution in [0.4, 0.5) is 5.95 Å². The van der Waals surface area contributed by atoms with Crippen LogP contribution in [0.3, 0.4) is 0 Å². The third-order valence-corrected chi connectivity index (χ3v) is 6.91. The first kappa shape index (κ1) is 24.3. The second kappa shape index (κ2) is 9.82. The maximum atomic E-state index is 12.3. The summed E-state index contributed by atoms with van der Waals surface area (Å²) in [4.78, 5) is 23.0. The maximum Gasteiger partial charge on any atom is 0.225 e. The molecule has 3 N–H and O–H groups in total. The van der Waals surface area contributed by atoms with Gasteiger partial charge in [-0.25, -0.2) is 9.97 Å². The van der Waals surface area contributed by atoms with Gasteiger partial charge in [0.25, 0.3) is 0 Å². The normalized spacial score (nSPS) is 19.8. The van der Waals surface area contributed by atoms with Gasteiger partial charge < -0.3 is 25.4 Å². The lowest BCUT2D eigenvalue weighted by Gasteiger charge is -2.18. The number of carbonyl (C=O) groups is 1. The van der Waals surface area contributed by atoms with Gasteiger partial charge in [0.1, 0.15) is 11.5 Å². The third kappa shape index (κ3) is 4.58. The van der Waals surface area contributed by atoms with Gasteiger partial charge in [-0.15, -0.1) is 0 Å². The first-order valence-corrected chi connectivity index (χ1v) is 11.6. The fraction of sp³-hybridized carbons (Fsp3) is 0.375. The highest BCUT2D eigenvalue weighted by Crippen LogP contribution is 2.46. The van der Waals surface area contributed by atoms with E-state index in [0.29, 0.717) is 45.9 Å². The summed E-state index contributed by atoms with van der Waals surface area (Å²) in [6, 6.07) is 7.11. The standard InChI is InChI=1S/C24H27Cl2N5O3/c1-31(2)23(32)13-8-15(27)17(9-13)30-24-28-11-14-7-12(5-6-16(14)29-24)20-21(25)18(33-3)10-19(34-4)22(20)26/h5-7,10-11,13,15,17H,8-9,27H2,1-4H3,(H,28,29,30)/t13-,15?,17?/m0/s1. The minimum atomic E-state index is -0.150. The van der Waals surface area contributed by atoms with Gasteiger partial charge in [-0.1, -0.05) is 29.3 Å². The summed E-state index contributed by atoms with van der Waals surface area (Å²) in [5.74, 6) is 1.40. The lowest BCUT2D eigenvalue weighted by atomic mass is 10.0. The predicted molar refractivity (Wildman–Crippen MR) is 135 cm³/mol.